The van der Waals surface area contributed by atoms with E-state index in [-0.39, 0.29) is 17.4 Å². The molecule has 8 heteroatoms. The molecule has 2 aromatic heterocycles. The lowest BCUT2D eigenvalue weighted by molar-refractivity contribution is 0.544. The second kappa shape index (κ2) is 6.00. The van der Waals surface area contributed by atoms with E-state index in [4.69, 9.17) is 16.0 Å². The van der Waals surface area contributed by atoms with Crippen molar-refractivity contribution in [3.8, 4) is 17.3 Å². The van der Waals surface area contributed by atoms with Gasteiger partial charge in [0.2, 0.25) is 5.82 Å². The summed E-state index contributed by atoms with van der Waals surface area (Å²) in [4.78, 5) is 4.59. The largest absolute Gasteiger partial charge is 0.458 e. The van der Waals surface area contributed by atoms with Crippen LogP contribution < -0.4 is 0 Å². The highest BCUT2D eigenvalue weighted by molar-refractivity contribution is 7.91. The van der Waals surface area contributed by atoms with Crippen LogP contribution in [-0.2, 0) is 9.84 Å². The van der Waals surface area contributed by atoms with Crippen molar-refractivity contribution in [3.63, 3.8) is 0 Å². The van der Waals surface area contributed by atoms with Gasteiger partial charge >= 0.3 is 0 Å². The summed E-state index contributed by atoms with van der Waals surface area (Å²) in [6.07, 6.45) is 0.530. The second-order valence-electron chi connectivity index (χ2n) is 6.17. The van der Waals surface area contributed by atoms with Crippen molar-refractivity contribution in [3.05, 3.63) is 53.0 Å². The van der Waals surface area contributed by atoms with Crippen LogP contribution in [0.2, 0.25) is 5.02 Å². The van der Waals surface area contributed by atoms with E-state index >= 15 is 0 Å². The number of hydrogen-bond donors (Lipinski definition) is 0. The molecular weight excluding hydrogens is 362 g/mol. The normalized spacial score (nSPS) is 19.4. The predicted octanol–water partition coefficient (Wildman–Crippen LogP) is 3.39. The minimum atomic E-state index is -3.04. The smallest absolute Gasteiger partial charge is 0.217 e. The summed E-state index contributed by atoms with van der Waals surface area (Å²) in [5.41, 5.74) is 0.672. The number of aryl methyl sites for hydroxylation is 1. The standard InChI is InChI=1S/C17H16ClN3O3S/c1-11-6-7-15(24-11)16-19-17(12-8-9-25(22,23)10-12)21(20-16)14-5-3-2-4-13(14)18/h2-7,12H,8-10H2,1H3. The maximum Gasteiger partial charge on any atom is 0.217 e. The van der Waals surface area contributed by atoms with Crippen LogP contribution in [0.3, 0.4) is 0 Å². The molecule has 0 saturated carbocycles. The quantitative estimate of drug-likeness (QED) is 0.699. The van der Waals surface area contributed by atoms with Gasteiger partial charge in [-0.15, -0.1) is 5.10 Å². The van der Waals surface area contributed by atoms with Gasteiger partial charge in [-0.2, -0.15) is 0 Å². The van der Waals surface area contributed by atoms with E-state index in [1.165, 1.54) is 0 Å². The number of aromatic nitrogens is 3. The molecule has 1 atom stereocenters. The van der Waals surface area contributed by atoms with Crippen molar-refractivity contribution in [2.75, 3.05) is 11.5 Å². The van der Waals surface area contributed by atoms with Crippen LogP contribution in [0, 0.1) is 6.92 Å². The Morgan fingerprint density at radius 2 is 2.04 bits per heavy atom. The lowest BCUT2D eigenvalue weighted by atomic mass is 10.1. The molecule has 25 heavy (non-hydrogen) atoms. The Balaban J connectivity index is 1.86. The molecule has 0 amide bonds. The SMILES string of the molecule is Cc1ccc(-c2nc(C3CCS(=O)(=O)C3)n(-c3ccccc3Cl)n2)o1. The number of sulfone groups is 1. The molecule has 1 fully saturated rings. The maximum absolute atomic E-state index is 11.9. The van der Waals surface area contributed by atoms with Crippen molar-refractivity contribution in [1.29, 1.82) is 0 Å². The number of para-hydroxylation sites is 1. The average molecular weight is 378 g/mol. The van der Waals surface area contributed by atoms with Crippen LogP contribution >= 0.6 is 11.6 Å². The molecule has 0 radical (unpaired) electrons. The Hall–Kier alpha value is -2.12. The molecule has 130 valence electrons. The van der Waals surface area contributed by atoms with Crippen molar-refractivity contribution < 1.29 is 12.8 Å². The van der Waals surface area contributed by atoms with Crippen LogP contribution in [0.1, 0.15) is 23.9 Å². The fraction of sp³-hybridized carbons (Fsp3) is 0.294. The zero-order chi connectivity index (χ0) is 17.6. The van der Waals surface area contributed by atoms with Crippen molar-refractivity contribution >= 4 is 21.4 Å². The molecule has 4 rings (SSSR count). The summed E-state index contributed by atoms with van der Waals surface area (Å²) in [6.45, 7) is 1.85. The average Bonchev–Trinajstić information content (AvgIpc) is 3.26. The zero-order valence-corrected chi connectivity index (χ0v) is 15.1. The van der Waals surface area contributed by atoms with Gasteiger partial charge in [0.15, 0.2) is 15.6 Å². The van der Waals surface area contributed by atoms with E-state index in [0.29, 0.717) is 34.5 Å². The lowest BCUT2D eigenvalue weighted by Gasteiger charge is -2.11. The summed E-state index contributed by atoms with van der Waals surface area (Å²) >= 11 is 6.32. The van der Waals surface area contributed by atoms with Crippen molar-refractivity contribution in [2.45, 2.75) is 19.3 Å². The first-order chi connectivity index (χ1) is 11.9. The number of nitrogens with zero attached hydrogens (tertiary/aromatic N) is 3. The molecule has 1 aliphatic heterocycles. The molecule has 1 aliphatic rings. The highest BCUT2D eigenvalue weighted by atomic mass is 35.5. The number of rotatable bonds is 3. The predicted molar refractivity (Wildman–Crippen MR) is 94.8 cm³/mol. The molecule has 1 aromatic carbocycles. The Kier molecular flexibility index (Phi) is 3.92. The third-order valence-electron chi connectivity index (χ3n) is 4.27. The first kappa shape index (κ1) is 16.4. The van der Waals surface area contributed by atoms with Gasteiger partial charge in [-0.05, 0) is 37.6 Å². The van der Waals surface area contributed by atoms with E-state index in [1.54, 1.807) is 16.8 Å². The highest BCUT2D eigenvalue weighted by Gasteiger charge is 2.34. The number of benzene rings is 1. The minimum absolute atomic E-state index is 0.0762. The third kappa shape index (κ3) is 3.09. The van der Waals surface area contributed by atoms with Crippen molar-refractivity contribution in [2.24, 2.45) is 0 Å². The van der Waals surface area contributed by atoms with Crippen LogP contribution in [-0.4, -0.2) is 34.7 Å². The molecule has 0 spiro atoms. The molecule has 6 nitrogen and oxygen atoms in total. The van der Waals surface area contributed by atoms with E-state index in [9.17, 15) is 8.42 Å². The molecule has 3 heterocycles. The van der Waals surface area contributed by atoms with E-state index < -0.39 is 9.84 Å². The van der Waals surface area contributed by atoms with Crippen LogP contribution in [0.25, 0.3) is 17.3 Å². The Morgan fingerprint density at radius 1 is 1.24 bits per heavy atom. The second-order valence-corrected chi connectivity index (χ2v) is 8.80. The van der Waals surface area contributed by atoms with Crippen LogP contribution in [0.5, 0.6) is 0 Å². The van der Waals surface area contributed by atoms with Gasteiger partial charge in [0.25, 0.3) is 0 Å². The number of halogens is 1. The Morgan fingerprint density at radius 3 is 2.68 bits per heavy atom. The number of furan rings is 1. The Labute approximate surface area is 150 Å². The minimum Gasteiger partial charge on any atom is -0.458 e. The van der Waals surface area contributed by atoms with Gasteiger partial charge < -0.3 is 4.42 Å². The zero-order valence-electron chi connectivity index (χ0n) is 13.5. The molecule has 0 aliphatic carbocycles. The van der Waals surface area contributed by atoms with Gasteiger partial charge in [0, 0.05) is 5.92 Å². The van der Waals surface area contributed by atoms with E-state index in [2.05, 4.69) is 10.1 Å². The number of hydrogen-bond acceptors (Lipinski definition) is 5. The van der Waals surface area contributed by atoms with Gasteiger partial charge in [-0.1, -0.05) is 23.7 Å². The summed E-state index contributed by atoms with van der Waals surface area (Å²) in [5.74, 6) is 2.36. The van der Waals surface area contributed by atoms with Gasteiger partial charge in [-0.25, -0.2) is 18.1 Å². The van der Waals surface area contributed by atoms with Gasteiger partial charge in [-0.3, -0.25) is 0 Å². The molecule has 1 saturated heterocycles. The fourth-order valence-corrected chi connectivity index (χ4v) is 5.00. The lowest BCUT2D eigenvalue weighted by Crippen LogP contribution is -2.11. The maximum atomic E-state index is 11.9. The Bertz CT molecular complexity index is 1040. The molecular formula is C17H16ClN3O3S. The molecule has 0 bridgehead atoms. The highest BCUT2D eigenvalue weighted by Crippen LogP contribution is 2.32. The van der Waals surface area contributed by atoms with E-state index in [1.807, 2.05) is 31.2 Å². The van der Waals surface area contributed by atoms with Gasteiger partial charge in [0.05, 0.1) is 22.2 Å². The first-order valence-electron chi connectivity index (χ1n) is 7.92. The van der Waals surface area contributed by atoms with Crippen LogP contribution in [0.4, 0.5) is 0 Å². The molecule has 1 unspecified atom stereocenters. The molecule has 0 N–H and O–H groups in total. The fourth-order valence-electron chi connectivity index (χ4n) is 3.05. The summed E-state index contributed by atoms with van der Waals surface area (Å²) in [5, 5.41) is 5.07. The van der Waals surface area contributed by atoms with E-state index in [0.717, 1.165) is 5.76 Å². The monoisotopic (exact) mass is 377 g/mol. The van der Waals surface area contributed by atoms with Crippen molar-refractivity contribution in [1.82, 2.24) is 14.8 Å². The summed E-state index contributed by atoms with van der Waals surface area (Å²) < 4.78 is 31.1. The van der Waals surface area contributed by atoms with Gasteiger partial charge in [0.1, 0.15) is 11.6 Å². The molecule has 3 aromatic rings. The topological polar surface area (TPSA) is 78.0 Å². The first-order valence-corrected chi connectivity index (χ1v) is 10.1. The van der Waals surface area contributed by atoms with Crippen LogP contribution in [0.15, 0.2) is 40.8 Å². The third-order valence-corrected chi connectivity index (χ3v) is 6.36. The summed E-state index contributed by atoms with van der Waals surface area (Å²) in [6, 6.07) is 10.9. The summed E-state index contributed by atoms with van der Waals surface area (Å²) in [7, 11) is -3.04.